The number of hydrogen-bond donors (Lipinski definition) is 1. The van der Waals surface area contributed by atoms with E-state index in [4.69, 9.17) is 11.6 Å². The van der Waals surface area contributed by atoms with Gasteiger partial charge in [0.15, 0.2) is 0 Å². The molecule has 0 aromatic heterocycles. The first kappa shape index (κ1) is 17.9. The summed E-state index contributed by atoms with van der Waals surface area (Å²) >= 11 is 7.67. The number of benzene rings is 2. The molecule has 0 fully saturated rings. The van der Waals surface area contributed by atoms with Gasteiger partial charge in [-0.1, -0.05) is 54.9 Å². The second kappa shape index (κ2) is 9.64. The summed E-state index contributed by atoms with van der Waals surface area (Å²) in [5.41, 5.74) is 3.61. The van der Waals surface area contributed by atoms with Gasteiger partial charge in [-0.25, -0.2) is 0 Å². The summed E-state index contributed by atoms with van der Waals surface area (Å²) in [6.07, 6.45) is 1.48. The van der Waals surface area contributed by atoms with Crippen molar-refractivity contribution in [3.8, 4) is 0 Å². The van der Waals surface area contributed by atoms with Gasteiger partial charge in [-0.05, 0) is 35.2 Å². The van der Waals surface area contributed by atoms with Gasteiger partial charge in [0, 0.05) is 23.1 Å². The first-order valence-corrected chi connectivity index (χ1v) is 9.37. The highest BCUT2D eigenvalue weighted by Gasteiger charge is 2.03. The van der Waals surface area contributed by atoms with Crippen molar-refractivity contribution in [1.29, 1.82) is 0 Å². The third-order valence-electron chi connectivity index (χ3n) is 3.55. The lowest BCUT2D eigenvalue weighted by Gasteiger charge is -2.06. The number of rotatable bonds is 8. The number of halogens is 1. The predicted octanol–water partition coefficient (Wildman–Crippen LogP) is 4.49. The fourth-order valence-electron chi connectivity index (χ4n) is 2.17. The van der Waals surface area contributed by atoms with Crippen LogP contribution in [0.3, 0.4) is 0 Å². The maximum absolute atomic E-state index is 11.9. The van der Waals surface area contributed by atoms with E-state index in [9.17, 15) is 4.79 Å². The molecule has 1 amide bonds. The third kappa shape index (κ3) is 6.67. The molecule has 0 unspecified atom stereocenters. The molecule has 0 bridgehead atoms. The largest absolute Gasteiger partial charge is 0.355 e. The number of amides is 1. The summed E-state index contributed by atoms with van der Waals surface area (Å²) in [5, 5.41) is 3.74. The van der Waals surface area contributed by atoms with Crippen LogP contribution in [0.25, 0.3) is 0 Å². The highest BCUT2D eigenvalue weighted by molar-refractivity contribution is 7.98. The van der Waals surface area contributed by atoms with Gasteiger partial charge in [-0.15, -0.1) is 0 Å². The Morgan fingerprint density at radius 3 is 2.26 bits per heavy atom. The van der Waals surface area contributed by atoms with Crippen LogP contribution in [0.15, 0.2) is 48.5 Å². The molecule has 1 N–H and O–H groups in total. The Labute approximate surface area is 147 Å². The molecule has 0 aliphatic carbocycles. The monoisotopic (exact) mass is 347 g/mol. The van der Waals surface area contributed by atoms with E-state index < -0.39 is 0 Å². The van der Waals surface area contributed by atoms with E-state index in [0.717, 1.165) is 28.5 Å². The van der Waals surface area contributed by atoms with Crippen molar-refractivity contribution in [2.24, 2.45) is 0 Å². The molecule has 2 aromatic carbocycles. The first-order valence-electron chi connectivity index (χ1n) is 7.84. The summed E-state index contributed by atoms with van der Waals surface area (Å²) in [7, 11) is 0. The van der Waals surface area contributed by atoms with Crippen molar-refractivity contribution in [3.63, 3.8) is 0 Å². The Hall–Kier alpha value is -1.45. The van der Waals surface area contributed by atoms with Gasteiger partial charge in [0.2, 0.25) is 5.91 Å². The quantitative estimate of drug-likeness (QED) is 0.712. The minimum Gasteiger partial charge on any atom is -0.355 e. The summed E-state index contributed by atoms with van der Waals surface area (Å²) in [6.45, 7) is 2.83. The van der Waals surface area contributed by atoms with Gasteiger partial charge < -0.3 is 5.32 Å². The molecule has 2 rings (SSSR count). The lowest BCUT2D eigenvalue weighted by molar-refractivity contribution is -0.120. The maximum Gasteiger partial charge on any atom is 0.224 e. The van der Waals surface area contributed by atoms with Crippen molar-refractivity contribution in [2.45, 2.75) is 25.5 Å². The van der Waals surface area contributed by atoms with Crippen LogP contribution < -0.4 is 5.32 Å². The van der Waals surface area contributed by atoms with Gasteiger partial charge in [0.05, 0.1) is 6.42 Å². The molecule has 0 radical (unpaired) electrons. The zero-order valence-corrected chi connectivity index (χ0v) is 14.9. The first-order chi connectivity index (χ1) is 11.2. The van der Waals surface area contributed by atoms with Crippen molar-refractivity contribution in [2.75, 3.05) is 12.3 Å². The zero-order chi connectivity index (χ0) is 16.5. The molecule has 0 spiro atoms. The molecule has 2 nitrogen and oxygen atoms in total. The van der Waals surface area contributed by atoms with Gasteiger partial charge in [0.25, 0.3) is 0 Å². The summed E-state index contributed by atoms with van der Waals surface area (Å²) in [6, 6.07) is 16.1. The third-order valence-corrected chi connectivity index (χ3v) is 4.83. The minimum absolute atomic E-state index is 0.0846. The molecule has 122 valence electrons. The molecule has 4 heteroatoms. The highest BCUT2D eigenvalue weighted by Crippen LogP contribution is 2.15. The van der Waals surface area contributed by atoms with Crippen LogP contribution in [-0.4, -0.2) is 18.2 Å². The average Bonchev–Trinajstić information content (AvgIpc) is 2.57. The van der Waals surface area contributed by atoms with Crippen LogP contribution in [0, 0.1) is 0 Å². The molecule has 23 heavy (non-hydrogen) atoms. The smallest absolute Gasteiger partial charge is 0.224 e. The molecular formula is C19H22ClNOS. The molecular weight excluding hydrogens is 326 g/mol. The second-order valence-corrected chi connectivity index (χ2v) is 6.92. The predicted molar refractivity (Wildman–Crippen MR) is 100 cm³/mol. The molecule has 0 saturated carbocycles. The van der Waals surface area contributed by atoms with Gasteiger partial charge in [0.1, 0.15) is 0 Å². The summed E-state index contributed by atoms with van der Waals surface area (Å²) < 4.78 is 0. The number of carbonyl (C=O) groups excluding carboxylic acids is 1. The van der Waals surface area contributed by atoms with E-state index in [-0.39, 0.29) is 5.91 Å². The van der Waals surface area contributed by atoms with E-state index in [0.29, 0.717) is 13.0 Å². The molecule has 0 aliphatic heterocycles. The van der Waals surface area contributed by atoms with Crippen LogP contribution >= 0.6 is 23.4 Å². The maximum atomic E-state index is 11.9. The fourth-order valence-corrected chi connectivity index (χ4v) is 3.12. The molecule has 2 aromatic rings. The zero-order valence-electron chi connectivity index (χ0n) is 13.3. The van der Waals surface area contributed by atoms with Gasteiger partial charge >= 0.3 is 0 Å². The Bertz CT molecular complexity index is 610. The van der Waals surface area contributed by atoms with Crippen LogP contribution in [-0.2, 0) is 23.4 Å². The van der Waals surface area contributed by atoms with E-state index in [2.05, 4.69) is 24.4 Å². The van der Waals surface area contributed by atoms with Crippen LogP contribution in [0.2, 0.25) is 5.02 Å². The Kier molecular flexibility index (Phi) is 7.50. The number of nitrogens with one attached hydrogen (secondary N) is 1. The topological polar surface area (TPSA) is 29.1 Å². The number of thioether (sulfide) groups is 1. The fraction of sp³-hybridized carbons (Fsp3) is 0.316. The number of carbonyl (C=O) groups is 1. The molecule has 0 atom stereocenters. The van der Waals surface area contributed by atoms with Gasteiger partial charge in [-0.2, -0.15) is 11.8 Å². The van der Waals surface area contributed by atoms with Crippen LogP contribution in [0.1, 0.15) is 23.6 Å². The Balaban J connectivity index is 1.61. The lowest BCUT2D eigenvalue weighted by atomic mass is 10.1. The number of aryl methyl sites for hydroxylation is 1. The highest BCUT2D eigenvalue weighted by atomic mass is 35.5. The van der Waals surface area contributed by atoms with Crippen LogP contribution in [0.4, 0.5) is 0 Å². The average molecular weight is 348 g/mol. The van der Waals surface area contributed by atoms with Crippen molar-refractivity contribution in [3.05, 3.63) is 70.2 Å². The van der Waals surface area contributed by atoms with E-state index in [1.807, 2.05) is 48.2 Å². The summed E-state index contributed by atoms with van der Waals surface area (Å²) in [5.74, 6) is 1.93. The van der Waals surface area contributed by atoms with E-state index in [1.165, 1.54) is 11.1 Å². The van der Waals surface area contributed by atoms with Crippen molar-refractivity contribution >= 4 is 29.3 Å². The number of hydrogen-bond acceptors (Lipinski definition) is 2. The summed E-state index contributed by atoms with van der Waals surface area (Å²) in [4.78, 5) is 11.9. The normalized spacial score (nSPS) is 10.5. The van der Waals surface area contributed by atoms with Crippen LogP contribution in [0.5, 0.6) is 0 Å². The van der Waals surface area contributed by atoms with Crippen molar-refractivity contribution < 1.29 is 4.79 Å². The molecule has 0 saturated heterocycles. The van der Waals surface area contributed by atoms with Gasteiger partial charge in [-0.3, -0.25) is 4.79 Å². The standard InChI is InChI=1S/C19H22ClNOS/c1-2-15-3-5-16(6-4-15)13-19(22)21-11-12-23-14-17-7-9-18(20)10-8-17/h3-10H,2,11-14H2,1H3,(H,21,22). The molecule has 0 aliphatic rings. The van der Waals surface area contributed by atoms with Crippen molar-refractivity contribution in [1.82, 2.24) is 5.32 Å². The lowest BCUT2D eigenvalue weighted by Crippen LogP contribution is -2.27. The van der Waals surface area contributed by atoms with E-state index in [1.54, 1.807) is 0 Å². The molecule has 0 heterocycles. The Morgan fingerprint density at radius 2 is 1.61 bits per heavy atom. The minimum atomic E-state index is 0.0846. The van der Waals surface area contributed by atoms with E-state index >= 15 is 0 Å². The Morgan fingerprint density at radius 1 is 1.00 bits per heavy atom. The second-order valence-electron chi connectivity index (χ2n) is 5.38. The SMILES string of the molecule is CCc1ccc(CC(=O)NCCSCc2ccc(Cl)cc2)cc1.